The summed E-state index contributed by atoms with van der Waals surface area (Å²) in [7, 11) is -4.27. The molecule has 1 saturated heterocycles. The van der Waals surface area contributed by atoms with Crippen LogP contribution in [-0.4, -0.2) is 45.5 Å². The third-order valence-corrected chi connectivity index (χ3v) is 8.92. The third kappa shape index (κ3) is 7.76. The van der Waals surface area contributed by atoms with E-state index in [9.17, 15) is 39.6 Å². The van der Waals surface area contributed by atoms with Gasteiger partial charge < -0.3 is 9.64 Å². The van der Waals surface area contributed by atoms with Gasteiger partial charge in [-0.25, -0.2) is 0 Å². The Balaban J connectivity index is 1.67. The highest BCUT2D eigenvalue weighted by Crippen LogP contribution is 2.39. The normalized spacial score (nSPS) is 18.1. The summed E-state index contributed by atoms with van der Waals surface area (Å²) in [6.07, 6.45) is -10.5. The van der Waals surface area contributed by atoms with Gasteiger partial charge in [0.2, 0.25) is 0 Å². The Morgan fingerprint density at radius 1 is 0.884 bits per heavy atom. The molecule has 1 heterocycles. The summed E-state index contributed by atoms with van der Waals surface area (Å²) < 4.78 is 117. The first-order chi connectivity index (χ1) is 19.9. The van der Waals surface area contributed by atoms with Crippen LogP contribution >= 0.6 is 34.8 Å². The Hall–Kier alpha value is -2.55. The molecular weight excluding hydrogens is 671 g/mol. The summed E-state index contributed by atoms with van der Waals surface area (Å²) in [6.45, 7) is -1.29. The van der Waals surface area contributed by atoms with E-state index in [0.717, 1.165) is 4.90 Å². The number of nitrogens with zero attached hydrogens (tertiary/aromatic N) is 1. The third-order valence-electron chi connectivity index (χ3n) is 6.60. The lowest BCUT2D eigenvalue weighted by Crippen LogP contribution is -2.52. The molecule has 0 spiro atoms. The van der Waals surface area contributed by atoms with E-state index in [4.69, 9.17) is 43.7 Å². The van der Waals surface area contributed by atoms with Crippen molar-refractivity contribution in [2.75, 3.05) is 26.3 Å². The smallest absolute Gasteiger partial charge is 0.366 e. The first-order valence-electron chi connectivity index (χ1n) is 12.2. The minimum absolute atomic E-state index is 0.0748. The predicted octanol–water partition coefficient (Wildman–Crippen LogP) is 7.85. The number of rotatable bonds is 7. The Morgan fingerprint density at radius 2 is 1.49 bits per heavy atom. The molecule has 232 valence electrons. The van der Waals surface area contributed by atoms with Crippen molar-refractivity contribution in [2.24, 2.45) is 0 Å². The monoisotopic (exact) mass is 689 g/mol. The Bertz CT molecular complexity index is 1580. The molecular formula is C27H20Cl3F6NO5S. The maximum atomic E-state index is 13.4. The number of alkyl halides is 6. The lowest BCUT2D eigenvalue weighted by atomic mass is 9.88. The van der Waals surface area contributed by atoms with Crippen LogP contribution in [-0.2, 0) is 37.0 Å². The molecule has 0 aromatic heterocycles. The maximum absolute atomic E-state index is 13.4. The number of hydrogen-bond acceptors (Lipinski definition) is 5. The van der Waals surface area contributed by atoms with Crippen LogP contribution in [0.15, 0.2) is 65.6 Å². The summed E-state index contributed by atoms with van der Waals surface area (Å²) >= 11 is 18.0. The summed E-state index contributed by atoms with van der Waals surface area (Å²) in [6, 6.07) is 10.1. The molecule has 0 radical (unpaired) electrons. The first-order valence-corrected chi connectivity index (χ1v) is 14.8. The van der Waals surface area contributed by atoms with Gasteiger partial charge in [0.05, 0.1) is 45.8 Å². The van der Waals surface area contributed by atoms with Crippen LogP contribution < -0.4 is 0 Å². The summed E-state index contributed by atoms with van der Waals surface area (Å²) in [5.74, 6) is -1.13. The van der Waals surface area contributed by atoms with Gasteiger partial charge in [-0.15, -0.1) is 0 Å². The fourth-order valence-electron chi connectivity index (χ4n) is 4.45. The zero-order valence-corrected chi connectivity index (χ0v) is 24.7. The highest BCUT2D eigenvalue weighted by molar-refractivity contribution is 7.86. The van der Waals surface area contributed by atoms with Crippen LogP contribution in [0.2, 0.25) is 15.1 Å². The SMILES string of the molecule is O=C(c1cc(C(F)(F)F)cc(C(F)(F)F)c1)N1CCO[C@](CCOS(=O)(=O)c2ccc(Cl)cc2)(c2ccc(Cl)c(Cl)c2)C1. The quantitative estimate of drug-likeness (QED) is 0.187. The molecule has 0 N–H and O–H groups in total. The highest BCUT2D eigenvalue weighted by Gasteiger charge is 2.42. The average Bonchev–Trinajstić information content (AvgIpc) is 2.93. The van der Waals surface area contributed by atoms with Crippen LogP contribution in [0, 0.1) is 0 Å². The van der Waals surface area contributed by atoms with Gasteiger partial charge in [0.15, 0.2) is 0 Å². The Morgan fingerprint density at radius 3 is 2.05 bits per heavy atom. The summed E-state index contributed by atoms with van der Waals surface area (Å²) in [5, 5.41) is 0.531. The van der Waals surface area contributed by atoms with E-state index in [1.54, 1.807) is 0 Å². The lowest BCUT2D eigenvalue weighted by molar-refractivity contribution is -0.143. The van der Waals surface area contributed by atoms with Crippen molar-refractivity contribution in [3.8, 4) is 0 Å². The van der Waals surface area contributed by atoms with Crippen LogP contribution in [0.4, 0.5) is 26.3 Å². The molecule has 0 saturated carbocycles. The van der Waals surface area contributed by atoms with E-state index >= 15 is 0 Å². The molecule has 4 rings (SSSR count). The molecule has 0 aliphatic carbocycles. The van der Waals surface area contributed by atoms with Crippen molar-refractivity contribution in [3.05, 3.63) is 98.0 Å². The summed E-state index contributed by atoms with van der Waals surface area (Å²) in [5.41, 5.74) is -5.35. The highest BCUT2D eigenvalue weighted by atomic mass is 35.5. The van der Waals surface area contributed by atoms with E-state index in [0.29, 0.717) is 22.7 Å². The molecule has 3 aromatic rings. The van der Waals surface area contributed by atoms with E-state index < -0.39 is 63.8 Å². The standard InChI is InChI=1S/C27H20Cl3F6NO5S/c28-20-2-4-21(5-3-20)43(39,40)42-9-7-25(17-1-6-22(29)23(30)14-17)15-37(8-10-41-25)24(38)16-11-18(26(31,32)33)13-19(12-16)27(34,35)36/h1-6,11-14H,7-10,15H2/t25-/m0/s1. The molecule has 3 aromatic carbocycles. The number of carbonyl (C=O) groups is 1. The van der Waals surface area contributed by atoms with Gasteiger partial charge in [-0.2, -0.15) is 34.8 Å². The lowest BCUT2D eigenvalue weighted by Gasteiger charge is -2.43. The van der Waals surface area contributed by atoms with E-state index in [1.165, 1.54) is 42.5 Å². The molecule has 1 atom stereocenters. The second-order valence-corrected chi connectivity index (χ2v) is 12.3. The van der Waals surface area contributed by atoms with Crippen molar-refractivity contribution in [1.29, 1.82) is 0 Å². The van der Waals surface area contributed by atoms with Gasteiger partial charge in [-0.05, 0) is 60.2 Å². The van der Waals surface area contributed by atoms with Crippen molar-refractivity contribution < 1.29 is 48.5 Å². The van der Waals surface area contributed by atoms with E-state index in [2.05, 4.69) is 0 Å². The fourth-order valence-corrected chi connectivity index (χ4v) is 5.79. The number of benzene rings is 3. The maximum Gasteiger partial charge on any atom is 0.416 e. The largest absolute Gasteiger partial charge is 0.416 e. The molecule has 1 fully saturated rings. The minimum Gasteiger partial charge on any atom is -0.366 e. The van der Waals surface area contributed by atoms with Crippen molar-refractivity contribution in [1.82, 2.24) is 4.90 Å². The minimum atomic E-state index is -5.15. The van der Waals surface area contributed by atoms with E-state index in [-0.39, 0.29) is 40.6 Å². The van der Waals surface area contributed by atoms with Crippen molar-refractivity contribution in [3.63, 3.8) is 0 Å². The number of carbonyl (C=O) groups excluding carboxylic acids is 1. The first kappa shape index (κ1) is 33.3. The van der Waals surface area contributed by atoms with Crippen molar-refractivity contribution in [2.45, 2.75) is 29.3 Å². The zero-order chi connectivity index (χ0) is 31.8. The molecule has 0 bridgehead atoms. The number of ether oxygens (including phenoxy) is 1. The number of morpholine rings is 1. The van der Waals surface area contributed by atoms with Gasteiger partial charge in [0.25, 0.3) is 16.0 Å². The Kier molecular flexibility index (Phi) is 9.65. The van der Waals surface area contributed by atoms with Crippen LogP contribution in [0.3, 0.4) is 0 Å². The molecule has 6 nitrogen and oxygen atoms in total. The number of hydrogen-bond donors (Lipinski definition) is 0. The second-order valence-electron chi connectivity index (χ2n) is 9.47. The molecule has 43 heavy (non-hydrogen) atoms. The Labute approximate surface area is 257 Å². The topological polar surface area (TPSA) is 72.9 Å². The average molecular weight is 691 g/mol. The zero-order valence-electron chi connectivity index (χ0n) is 21.6. The van der Waals surface area contributed by atoms with Crippen molar-refractivity contribution >= 4 is 50.8 Å². The molecule has 16 heteroatoms. The van der Waals surface area contributed by atoms with Crippen LogP contribution in [0.25, 0.3) is 0 Å². The van der Waals surface area contributed by atoms with Gasteiger partial charge in [0.1, 0.15) is 5.60 Å². The van der Waals surface area contributed by atoms with Crippen LogP contribution in [0.5, 0.6) is 0 Å². The molecule has 1 aliphatic rings. The van der Waals surface area contributed by atoms with Gasteiger partial charge in [-0.1, -0.05) is 40.9 Å². The molecule has 1 aliphatic heterocycles. The van der Waals surface area contributed by atoms with Crippen LogP contribution in [0.1, 0.15) is 33.5 Å². The van der Waals surface area contributed by atoms with Gasteiger partial charge in [-0.3, -0.25) is 8.98 Å². The predicted molar refractivity (Wildman–Crippen MR) is 146 cm³/mol. The second kappa shape index (κ2) is 12.4. The van der Waals surface area contributed by atoms with Gasteiger partial charge in [0, 0.05) is 23.6 Å². The number of amides is 1. The molecule has 0 unspecified atom stereocenters. The fraction of sp³-hybridized carbons (Fsp3) is 0.296. The van der Waals surface area contributed by atoms with Gasteiger partial charge >= 0.3 is 12.4 Å². The molecule has 1 amide bonds. The summed E-state index contributed by atoms with van der Waals surface area (Å²) in [4.78, 5) is 14.2. The number of halogens is 9. The van der Waals surface area contributed by atoms with E-state index in [1.807, 2.05) is 0 Å².